The summed E-state index contributed by atoms with van der Waals surface area (Å²) in [6, 6.07) is 12.6. The molecule has 1 unspecified atom stereocenters. The summed E-state index contributed by atoms with van der Waals surface area (Å²) in [6.07, 6.45) is 0. The highest BCUT2D eigenvalue weighted by molar-refractivity contribution is 5.96. The molecule has 0 aliphatic carbocycles. The van der Waals surface area contributed by atoms with Gasteiger partial charge in [0, 0.05) is 5.56 Å². The van der Waals surface area contributed by atoms with Gasteiger partial charge in [-0.3, -0.25) is 9.59 Å². The van der Waals surface area contributed by atoms with Crippen LogP contribution < -0.4 is 15.4 Å². The predicted octanol–water partition coefficient (Wildman–Crippen LogP) is 3.08. The van der Waals surface area contributed by atoms with Gasteiger partial charge in [0.1, 0.15) is 11.6 Å². The van der Waals surface area contributed by atoms with E-state index in [4.69, 9.17) is 4.74 Å². The smallest absolute Gasteiger partial charge is 0.251 e. The lowest BCUT2D eigenvalue weighted by Gasteiger charge is -2.23. The fourth-order valence-corrected chi connectivity index (χ4v) is 2.56. The van der Waals surface area contributed by atoms with Gasteiger partial charge in [-0.2, -0.15) is 0 Å². The standard InChI is InChI=1S/C20H23FN2O3/c1-13(2)19(14-7-9-17(26-3)10-8-14)23-18(24)12-22-20(25)15-5-4-6-16(21)11-15/h4-11,13,19H,12H2,1-3H3,(H,22,25)(H,23,24). The number of rotatable bonds is 7. The van der Waals surface area contributed by atoms with Crippen molar-refractivity contribution in [2.24, 2.45) is 5.92 Å². The maximum absolute atomic E-state index is 13.2. The second-order valence-electron chi connectivity index (χ2n) is 6.26. The van der Waals surface area contributed by atoms with Crippen LogP contribution >= 0.6 is 0 Å². The minimum Gasteiger partial charge on any atom is -0.497 e. The van der Waals surface area contributed by atoms with Gasteiger partial charge >= 0.3 is 0 Å². The average molecular weight is 358 g/mol. The lowest BCUT2D eigenvalue weighted by Crippen LogP contribution is -2.40. The van der Waals surface area contributed by atoms with Crippen LogP contribution in [0.3, 0.4) is 0 Å². The quantitative estimate of drug-likeness (QED) is 0.799. The van der Waals surface area contributed by atoms with Crippen LogP contribution in [0.25, 0.3) is 0 Å². The number of benzene rings is 2. The Morgan fingerprint density at radius 2 is 1.81 bits per heavy atom. The molecule has 2 N–H and O–H groups in total. The van der Waals surface area contributed by atoms with E-state index in [-0.39, 0.29) is 30.0 Å². The molecule has 0 radical (unpaired) electrons. The van der Waals surface area contributed by atoms with Crippen LogP contribution in [0.2, 0.25) is 0 Å². The van der Waals surface area contributed by atoms with E-state index in [0.717, 1.165) is 17.4 Å². The zero-order chi connectivity index (χ0) is 19.1. The molecular weight excluding hydrogens is 335 g/mol. The van der Waals surface area contributed by atoms with Crippen molar-refractivity contribution in [2.75, 3.05) is 13.7 Å². The van der Waals surface area contributed by atoms with Crippen molar-refractivity contribution in [2.45, 2.75) is 19.9 Å². The van der Waals surface area contributed by atoms with E-state index in [2.05, 4.69) is 10.6 Å². The number of hydrogen-bond donors (Lipinski definition) is 2. The van der Waals surface area contributed by atoms with Gasteiger partial charge in [0.05, 0.1) is 19.7 Å². The van der Waals surface area contributed by atoms with Crippen LogP contribution in [0.1, 0.15) is 35.8 Å². The summed E-state index contributed by atoms with van der Waals surface area (Å²) in [5, 5.41) is 5.42. The van der Waals surface area contributed by atoms with E-state index in [1.807, 2.05) is 38.1 Å². The van der Waals surface area contributed by atoms with Crippen molar-refractivity contribution in [3.8, 4) is 5.75 Å². The van der Waals surface area contributed by atoms with Crippen LogP contribution in [0.4, 0.5) is 4.39 Å². The molecule has 0 saturated heterocycles. The van der Waals surface area contributed by atoms with Gasteiger partial charge in [-0.25, -0.2) is 4.39 Å². The number of methoxy groups -OCH3 is 1. The molecule has 0 heterocycles. The lowest BCUT2D eigenvalue weighted by molar-refractivity contribution is -0.121. The van der Waals surface area contributed by atoms with Crippen LogP contribution in [-0.4, -0.2) is 25.5 Å². The fraction of sp³-hybridized carbons (Fsp3) is 0.300. The highest BCUT2D eigenvalue weighted by Crippen LogP contribution is 2.23. The first-order chi connectivity index (χ1) is 12.4. The molecule has 0 bridgehead atoms. The highest BCUT2D eigenvalue weighted by Gasteiger charge is 2.19. The zero-order valence-corrected chi connectivity index (χ0v) is 15.1. The number of halogens is 1. The summed E-state index contributed by atoms with van der Waals surface area (Å²) in [5.74, 6) is -0.410. The maximum atomic E-state index is 13.2. The van der Waals surface area contributed by atoms with Crippen LogP contribution in [0, 0.1) is 11.7 Å². The second kappa shape index (κ2) is 8.99. The number of carbonyl (C=O) groups excluding carboxylic acids is 2. The predicted molar refractivity (Wildman–Crippen MR) is 97.4 cm³/mol. The summed E-state index contributed by atoms with van der Waals surface area (Å²) in [6.45, 7) is 3.82. The third kappa shape index (κ3) is 5.31. The summed E-state index contributed by atoms with van der Waals surface area (Å²) in [4.78, 5) is 24.2. The van der Waals surface area contributed by atoms with Gasteiger partial charge in [-0.05, 0) is 41.8 Å². The molecule has 1 atom stereocenters. The summed E-state index contributed by atoms with van der Waals surface area (Å²) in [5.41, 5.74) is 1.12. The van der Waals surface area contributed by atoms with E-state index in [9.17, 15) is 14.0 Å². The normalized spacial score (nSPS) is 11.7. The van der Waals surface area contributed by atoms with E-state index in [1.54, 1.807) is 7.11 Å². The van der Waals surface area contributed by atoms with Gasteiger partial charge in [0.15, 0.2) is 0 Å². The van der Waals surface area contributed by atoms with Crippen molar-refractivity contribution >= 4 is 11.8 Å². The van der Waals surface area contributed by atoms with Gasteiger partial charge in [0.25, 0.3) is 5.91 Å². The van der Waals surface area contributed by atoms with E-state index < -0.39 is 11.7 Å². The minimum atomic E-state index is -0.499. The molecule has 5 nitrogen and oxygen atoms in total. The van der Waals surface area contributed by atoms with E-state index >= 15 is 0 Å². The fourth-order valence-electron chi connectivity index (χ4n) is 2.56. The van der Waals surface area contributed by atoms with Crippen molar-refractivity contribution in [1.82, 2.24) is 10.6 Å². The topological polar surface area (TPSA) is 67.4 Å². The summed E-state index contributed by atoms with van der Waals surface area (Å²) < 4.78 is 18.3. The molecule has 26 heavy (non-hydrogen) atoms. The molecule has 0 aliphatic heterocycles. The van der Waals surface area contributed by atoms with E-state index in [0.29, 0.717) is 0 Å². The number of ether oxygens (including phenoxy) is 1. The van der Waals surface area contributed by atoms with Gasteiger partial charge in [-0.1, -0.05) is 32.0 Å². The first-order valence-electron chi connectivity index (χ1n) is 8.37. The summed E-state index contributed by atoms with van der Waals surface area (Å²) in [7, 11) is 1.60. The molecule has 0 aromatic heterocycles. The van der Waals surface area contributed by atoms with Crippen molar-refractivity contribution in [3.63, 3.8) is 0 Å². The number of nitrogens with one attached hydrogen (secondary N) is 2. The third-order valence-electron chi connectivity index (χ3n) is 3.95. The van der Waals surface area contributed by atoms with Crippen LogP contribution in [0.15, 0.2) is 48.5 Å². The van der Waals surface area contributed by atoms with Crippen molar-refractivity contribution < 1.29 is 18.7 Å². The molecule has 6 heteroatoms. The molecular formula is C20H23FN2O3. The molecule has 2 aromatic carbocycles. The molecule has 2 aromatic rings. The monoisotopic (exact) mass is 358 g/mol. The first-order valence-corrected chi connectivity index (χ1v) is 8.37. The van der Waals surface area contributed by atoms with Crippen molar-refractivity contribution in [1.29, 1.82) is 0 Å². The average Bonchev–Trinajstić information content (AvgIpc) is 2.64. The Balaban J connectivity index is 1.96. The minimum absolute atomic E-state index is 0.159. The molecule has 0 aliphatic rings. The SMILES string of the molecule is COc1ccc(C(NC(=O)CNC(=O)c2cccc(F)c2)C(C)C)cc1. The summed E-state index contributed by atoms with van der Waals surface area (Å²) >= 11 is 0. The third-order valence-corrected chi connectivity index (χ3v) is 3.95. The second-order valence-corrected chi connectivity index (χ2v) is 6.26. The Kier molecular flexibility index (Phi) is 6.72. The Labute approximate surface area is 152 Å². The molecule has 2 rings (SSSR count). The Morgan fingerprint density at radius 3 is 2.38 bits per heavy atom. The Hall–Kier alpha value is -2.89. The number of hydrogen-bond acceptors (Lipinski definition) is 3. The largest absolute Gasteiger partial charge is 0.497 e. The Morgan fingerprint density at radius 1 is 1.12 bits per heavy atom. The van der Waals surface area contributed by atoms with Gasteiger partial charge < -0.3 is 15.4 Å². The first kappa shape index (κ1) is 19.4. The van der Waals surface area contributed by atoms with Gasteiger partial charge in [-0.15, -0.1) is 0 Å². The van der Waals surface area contributed by atoms with Crippen LogP contribution in [0.5, 0.6) is 5.75 Å². The molecule has 2 amide bonds. The Bertz CT molecular complexity index is 760. The molecule has 0 fully saturated rings. The van der Waals surface area contributed by atoms with Gasteiger partial charge in [0.2, 0.25) is 5.91 Å². The lowest BCUT2D eigenvalue weighted by atomic mass is 9.96. The molecule has 0 saturated carbocycles. The zero-order valence-electron chi connectivity index (χ0n) is 15.1. The number of carbonyl (C=O) groups is 2. The highest BCUT2D eigenvalue weighted by atomic mass is 19.1. The van der Waals surface area contributed by atoms with E-state index in [1.165, 1.54) is 18.2 Å². The molecule has 0 spiro atoms. The van der Waals surface area contributed by atoms with Crippen molar-refractivity contribution in [3.05, 3.63) is 65.5 Å². The maximum Gasteiger partial charge on any atom is 0.251 e. The number of amides is 2. The van der Waals surface area contributed by atoms with Crippen LogP contribution in [-0.2, 0) is 4.79 Å². The molecule has 138 valence electrons.